The minimum Gasteiger partial charge on any atom is -0.442 e. The molecular weight excluding hydrogens is 340 g/mol. The summed E-state index contributed by atoms with van der Waals surface area (Å²) in [5, 5.41) is 9.27. The van der Waals surface area contributed by atoms with Crippen molar-refractivity contribution in [1.29, 1.82) is 5.26 Å². The molecule has 21 heavy (non-hydrogen) atoms. The molecule has 0 saturated carbocycles. The van der Waals surface area contributed by atoms with E-state index in [9.17, 15) is 10.1 Å². The summed E-state index contributed by atoms with van der Waals surface area (Å²) < 4.78 is 15.9. The van der Waals surface area contributed by atoms with Gasteiger partial charge in [-0.1, -0.05) is 15.9 Å². The predicted octanol–water partition coefficient (Wildman–Crippen LogP) is 2.79. The molecule has 1 aliphatic heterocycles. The van der Waals surface area contributed by atoms with Gasteiger partial charge in [-0.2, -0.15) is 5.26 Å². The molecule has 0 amide bonds. The number of hydrogen-bond acceptors (Lipinski definition) is 6. The smallest absolute Gasteiger partial charge is 0.442 e. The van der Waals surface area contributed by atoms with E-state index in [1.54, 1.807) is 31.2 Å². The summed E-state index contributed by atoms with van der Waals surface area (Å²) in [5.74, 6) is 0.152. The van der Waals surface area contributed by atoms with Gasteiger partial charge >= 0.3 is 6.16 Å². The van der Waals surface area contributed by atoms with Gasteiger partial charge in [0.15, 0.2) is 5.88 Å². The van der Waals surface area contributed by atoms with Crippen molar-refractivity contribution in [1.82, 2.24) is 0 Å². The Kier molecular flexibility index (Phi) is 4.70. The average Bonchev–Trinajstić information content (AvgIpc) is 2.45. The molecular formula is C14H13BrN2O4. The number of nitrogens with two attached hydrogens (primary N) is 1. The van der Waals surface area contributed by atoms with E-state index >= 15 is 0 Å². The number of rotatable bonds is 3. The number of halogens is 1. The van der Waals surface area contributed by atoms with Crippen molar-refractivity contribution >= 4 is 22.1 Å². The Labute approximate surface area is 130 Å². The van der Waals surface area contributed by atoms with E-state index in [2.05, 4.69) is 15.9 Å². The molecule has 0 spiro atoms. The molecule has 2 rings (SSSR count). The van der Waals surface area contributed by atoms with Crippen LogP contribution in [0.4, 0.5) is 4.79 Å². The zero-order chi connectivity index (χ0) is 15.4. The highest BCUT2D eigenvalue weighted by Gasteiger charge is 2.31. The first-order valence-electron chi connectivity index (χ1n) is 6.22. The van der Waals surface area contributed by atoms with Gasteiger partial charge in [-0.05, 0) is 31.2 Å². The monoisotopic (exact) mass is 352 g/mol. The quantitative estimate of drug-likeness (QED) is 0.840. The van der Waals surface area contributed by atoms with E-state index in [0.717, 1.165) is 4.47 Å². The van der Waals surface area contributed by atoms with Crippen LogP contribution in [0.5, 0.6) is 5.75 Å². The van der Waals surface area contributed by atoms with E-state index in [1.807, 2.05) is 6.07 Å². The van der Waals surface area contributed by atoms with Gasteiger partial charge < -0.3 is 19.9 Å². The van der Waals surface area contributed by atoms with Crippen LogP contribution in [0.2, 0.25) is 0 Å². The Morgan fingerprint density at radius 3 is 3.05 bits per heavy atom. The fraction of sp³-hybridized carbons (Fsp3) is 0.286. The summed E-state index contributed by atoms with van der Waals surface area (Å²) in [4.78, 5) is 11.4. The Balaban J connectivity index is 2.32. The first kappa shape index (κ1) is 15.2. The molecule has 2 atom stereocenters. The Morgan fingerprint density at radius 1 is 1.62 bits per heavy atom. The Bertz CT molecular complexity index is 624. The maximum atomic E-state index is 11.4. The predicted molar refractivity (Wildman–Crippen MR) is 77.3 cm³/mol. The highest BCUT2D eigenvalue weighted by atomic mass is 79.9. The number of hydrogen-bond donors (Lipinski definition) is 1. The largest absolute Gasteiger partial charge is 0.509 e. The fourth-order valence-electron chi connectivity index (χ4n) is 1.99. The summed E-state index contributed by atoms with van der Waals surface area (Å²) in [6.07, 6.45) is -0.402. The van der Waals surface area contributed by atoms with E-state index < -0.39 is 18.2 Å². The van der Waals surface area contributed by atoms with Gasteiger partial charge in [0.05, 0.1) is 12.5 Å². The summed E-state index contributed by atoms with van der Waals surface area (Å²) in [7, 11) is 0. The molecule has 1 aromatic rings. The van der Waals surface area contributed by atoms with Crippen molar-refractivity contribution in [2.75, 3.05) is 6.61 Å². The van der Waals surface area contributed by atoms with Crippen LogP contribution in [0, 0.1) is 11.3 Å². The maximum Gasteiger partial charge on any atom is 0.509 e. The molecule has 1 aromatic carbocycles. The number of carbonyl (C=O) groups excluding carboxylic acids is 1. The molecule has 2 unspecified atom stereocenters. The average molecular weight is 353 g/mol. The summed E-state index contributed by atoms with van der Waals surface area (Å²) in [5.41, 5.74) is 6.41. The number of nitriles is 1. The molecule has 7 heteroatoms. The van der Waals surface area contributed by atoms with Crippen LogP contribution < -0.4 is 10.5 Å². The third-order valence-electron chi connectivity index (χ3n) is 2.84. The summed E-state index contributed by atoms with van der Waals surface area (Å²) in [6.45, 7) is 1.83. The van der Waals surface area contributed by atoms with Gasteiger partial charge in [0.2, 0.25) is 6.10 Å². The SMILES string of the molecule is CCOC(=O)OC(C#N)C1C=C(N)Oc2ccc(Br)cc21. The van der Waals surface area contributed by atoms with Crippen LogP contribution in [0.1, 0.15) is 18.4 Å². The number of benzene rings is 1. The van der Waals surface area contributed by atoms with Gasteiger partial charge in [-0.25, -0.2) is 4.79 Å². The molecule has 6 nitrogen and oxygen atoms in total. The molecule has 1 heterocycles. The van der Waals surface area contributed by atoms with E-state index in [-0.39, 0.29) is 12.5 Å². The second-order valence-electron chi connectivity index (χ2n) is 4.23. The Morgan fingerprint density at radius 2 is 2.38 bits per heavy atom. The first-order valence-corrected chi connectivity index (χ1v) is 7.02. The maximum absolute atomic E-state index is 11.4. The lowest BCUT2D eigenvalue weighted by atomic mass is 9.91. The third-order valence-corrected chi connectivity index (χ3v) is 3.33. The zero-order valence-corrected chi connectivity index (χ0v) is 12.8. The lowest BCUT2D eigenvalue weighted by molar-refractivity contribution is 0.0379. The van der Waals surface area contributed by atoms with Crippen LogP contribution in [0.25, 0.3) is 0 Å². The fourth-order valence-corrected chi connectivity index (χ4v) is 2.37. The molecule has 0 radical (unpaired) electrons. The normalized spacial score (nSPS) is 17.6. The van der Waals surface area contributed by atoms with Crippen molar-refractivity contribution in [3.8, 4) is 11.8 Å². The molecule has 0 fully saturated rings. The third kappa shape index (κ3) is 3.47. The van der Waals surface area contributed by atoms with Crippen molar-refractivity contribution in [3.63, 3.8) is 0 Å². The van der Waals surface area contributed by atoms with Crippen molar-refractivity contribution < 1.29 is 19.0 Å². The topological polar surface area (TPSA) is 94.6 Å². The molecule has 0 saturated heterocycles. The van der Waals surface area contributed by atoms with Crippen molar-refractivity contribution in [2.45, 2.75) is 18.9 Å². The van der Waals surface area contributed by atoms with Crippen LogP contribution >= 0.6 is 15.9 Å². The molecule has 0 aliphatic carbocycles. The minimum atomic E-state index is -1.06. The van der Waals surface area contributed by atoms with E-state index in [1.165, 1.54) is 0 Å². The number of carbonyl (C=O) groups is 1. The summed E-state index contributed by atoms with van der Waals surface area (Å²) >= 11 is 3.36. The molecule has 110 valence electrons. The number of fused-ring (bicyclic) bond motifs is 1. The van der Waals surface area contributed by atoms with Crippen molar-refractivity contribution in [2.24, 2.45) is 5.73 Å². The molecule has 2 N–H and O–H groups in total. The number of nitrogens with zero attached hydrogens (tertiary/aromatic N) is 1. The van der Waals surface area contributed by atoms with Crippen LogP contribution in [-0.2, 0) is 9.47 Å². The summed E-state index contributed by atoms with van der Waals surface area (Å²) in [6, 6.07) is 7.26. The standard InChI is InChI=1S/C14H13BrN2O4/c1-2-19-14(18)21-12(7-16)10-6-13(17)20-11-4-3-8(15)5-9(10)11/h3-6,10,12H,2,17H2,1H3. The number of ether oxygens (including phenoxy) is 3. The first-order chi connectivity index (χ1) is 10.0. The Hall–Kier alpha value is -2.20. The van der Waals surface area contributed by atoms with E-state index in [0.29, 0.717) is 11.3 Å². The zero-order valence-electron chi connectivity index (χ0n) is 11.2. The van der Waals surface area contributed by atoms with E-state index in [4.69, 9.17) is 19.9 Å². The lowest BCUT2D eigenvalue weighted by Gasteiger charge is -2.26. The van der Waals surface area contributed by atoms with Gasteiger partial charge in [-0.3, -0.25) is 0 Å². The second kappa shape index (κ2) is 6.50. The highest BCUT2D eigenvalue weighted by molar-refractivity contribution is 9.10. The van der Waals surface area contributed by atoms with Crippen molar-refractivity contribution in [3.05, 3.63) is 40.2 Å². The van der Waals surface area contributed by atoms with Gasteiger partial charge in [0, 0.05) is 10.0 Å². The molecule has 0 aromatic heterocycles. The van der Waals surface area contributed by atoms with Crippen LogP contribution in [0.15, 0.2) is 34.6 Å². The van der Waals surface area contributed by atoms with Crippen LogP contribution in [0.3, 0.4) is 0 Å². The molecule has 1 aliphatic rings. The lowest BCUT2D eigenvalue weighted by Crippen LogP contribution is -2.27. The minimum absolute atomic E-state index is 0.155. The van der Waals surface area contributed by atoms with Gasteiger partial charge in [0.25, 0.3) is 0 Å². The molecule has 0 bridgehead atoms. The van der Waals surface area contributed by atoms with Gasteiger partial charge in [0.1, 0.15) is 11.8 Å². The second-order valence-corrected chi connectivity index (χ2v) is 5.15. The van der Waals surface area contributed by atoms with Crippen LogP contribution in [-0.4, -0.2) is 18.9 Å². The highest BCUT2D eigenvalue weighted by Crippen LogP contribution is 2.37. The van der Waals surface area contributed by atoms with Gasteiger partial charge in [-0.15, -0.1) is 0 Å².